The molecule has 0 unspecified atom stereocenters. The predicted molar refractivity (Wildman–Crippen MR) is 101 cm³/mol. The summed E-state index contributed by atoms with van der Waals surface area (Å²) in [7, 11) is 0. The number of carboxylic acids is 1. The van der Waals surface area contributed by atoms with E-state index in [9.17, 15) is 19.5 Å². The molecule has 2 atom stereocenters. The van der Waals surface area contributed by atoms with Crippen molar-refractivity contribution in [3.63, 3.8) is 0 Å². The first-order valence-electron chi connectivity index (χ1n) is 8.85. The summed E-state index contributed by atoms with van der Waals surface area (Å²) in [5.74, 6) is -1.40. The predicted octanol–water partition coefficient (Wildman–Crippen LogP) is 2.71. The molecule has 0 saturated carbocycles. The monoisotopic (exact) mass is 375 g/mol. The molecule has 7 heteroatoms. The highest BCUT2D eigenvalue weighted by molar-refractivity contribution is 5.86. The molecule has 2 N–H and O–H groups in total. The molecule has 0 bridgehead atoms. The zero-order valence-electron chi connectivity index (χ0n) is 16.2. The maximum absolute atomic E-state index is 12.1. The van der Waals surface area contributed by atoms with Crippen LogP contribution < -0.4 is 15.7 Å². The molecule has 0 aliphatic carbocycles. The molecule has 1 aromatic heterocycles. The molecule has 1 amide bonds. The molecule has 7 nitrogen and oxygen atoms in total. The molecule has 0 radical (unpaired) electrons. The van der Waals surface area contributed by atoms with Gasteiger partial charge in [0.1, 0.15) is 17.4 Å². The van der Waals surface area contributed by atoms with Gasteiger partial charge in [0.15, 0.2) is 6.61 Å². The van der Waals surface area contributed by atoms with Gasteiger partial charge in [-0.1, -0.05) is 20.3 Å². The van der Waals surface area contributed by atoms with Crippen molar-refractivity contribution < 1.29 is 23.8 Å². The summed E-state index contributed by atoms with van der Waals surface area (Å²) < 4.78 is 10.9. The fraction of sp³-hybridized carbons (Fsp3) is 0.450. The number of benzene rings is 1. The number of aryl methyl sites for hydroxylation is 2. The average molecular weight is 375 g/mol. The normalized spacial score (nSPS) is 13.2. The minimum Gasteiger partial charge on any atom is -0.483 e. The van der Waals surface area contributed by atoms with Gasteiger partial charge in [0.2, 0.25) is 0 Å². The minimum atomic E-state index is -1.08. The molecule has 27 heavy (non-hydrogen) atoms. The number of amides is 1. The van der Waals surface area contributed by atoms with Crippen LogP contribution in [0.4, 0.5) is 0 Å². The molecule has 0 spiro atoms. The van der Waals surface area contributed by atoms with Crippen molar-refractivity contribution in [3.8, 4) is 5.75 Å². The van der Waals surface area contributed by atoms with E-state index in [-0.39, 0.29) is 12.5 Å². The number of hydrogen-bond acceptors (Lipinski definition) is 5. The molecule has 0 aliphatic rings. The Morgan fingerprint density at radius 3 is 2.44 bits per heavy atom. The van der Waals surface area contributed by atoms with Crippen molar-refractivity contribution in [2.45, 2.75) is 47.1 Å². The molecular formula is C20H25NO6. The number of hydrogen-bond donors (Lipinski definition) is 2. The lowest BCUT2D eigenvalue weighted by molar-refractivity contribution is -0.143. The first-order chi connectivity index (χ1) is 12.7. The largest absolute Gasteiger partial charge is 0.483 e. The first-order valence-corrected chi connectivity index (χ1v) is 8.85. The average Bonchev–Trinajstić information content (AvgIpc) is 2.63. The second kappa shape index (κ2) is 8.24. The number of carbonyl (C=O) groups excluding carboxylic acids is 1. The maximum Gasteiger partial charge on any atom is 0.339 e. The standard InChI is InChI=1S/C20H25NO6/c1-6-10(2)17(19(23)24)21-16(22)9-26-15-8-7-14-11(3)12(4)20(25)27-18(14)13(15)5/h7-8,10,17H,6,9H2,1-5H3,(H,21,22)(H,23,24)/t10-,17+/m0/s1. The molecular weight excluding hydrogens is 350 g/mol. The Kier molecular flexibility index (Phi) is 6.25. The van der Waals surface area contributed by atoms with Gasteiger partial charge in [-0.15, -0.1) is 0 Å². The van der Waals surface area contributed by atoms with E-state index < -0.39 is 23.5 Å². The van der Waals surface area contributed by atoms with Crippen LogP contribution in [0.1, 0.15) is 37.0 Å². The summed E-state index contributed by atoms with van der Waals surface area (Å²) in [5, 5.41) is 12.5. The smallest absolute Gasteiger partial charge is 0.339 e. The van der Waals surface area contributed by atoms with Crippen LogP contribution in [0.15, 0.2) is 21.3 Å². The lowest BCUT2D eigenvalue weighted by atomic mass is 9.99. The van der Waals surface area contributed by atoms with Crippen LogP contribution in [0.5, 0.6) is 5.75 Å². The van der Waals surface area contributed by atoms with Crippen molar-refractivity contribution >= 4 is 22.8 Å². The van der Waals surface area contributed by atoms with Gasteiger partial charge in [-0.25, -0.2) is 9.59 Å². The third-order valence-corrected chi connectivity index (χ3v) is 4.98. The lowest BCUT2D eigenvalue weighted by Crippen LogP contribution is -2.46. The van der Waals surface area contributed by atoms with E-state index in [0.717, 1.165) is 10.9 Å². The van der Waals surface area contributed by atoms with Crippen molar-refractivity contribution in [3.05, 3.63) is 39.2 Å². The van der Waals surface area contributed by atoms with E-state index in [1.807, 2.05) is 13.8 Å². The van der Waals surface area contributed by atoms with Crippen LogP contribution in [-0.4, -0.2) is 29.6 Å². The van der Waals surface area contributed by atoms with Crippen LogP contribution in [-0.2, 0) is 9.59 Å². The molecule has 2 rings (SSSR count). The van der Waals surface area contributed by atoms with Crippen molar-refractivity contribution in [1.82, 2.24) is 5.32 Å². The summed E-state index contributed by atoms with van der Waals surface area (Å²) in [4.78, 5) is 35.3. The van der Waals surface area contributed by atoms with E-state index in [2.05, 4.69) is 5.32 Å². The molecule has 0 fully saturated rings. The van der Waals surface area contributed by atoms with E-state index in [4.69, 9.17) is 9.15 Å². The number of ether oxygens (including phenoxy) is 1. The highest BCUT2D eigenvalue weighted by Crippen LogP contribution is 2.29. The first kappa shape index (κ1) is 20.5. The summed E-state index contributed by atoms with van der Waals surface area (Å²) in [6.45, 7) is 8.59. The molecule has 1 aromatic carbocycles. The molecule has 0 saturated heterocycles. The summed E-state index contributed by atoms with van der Waals surface area (Å²) >= 11 is 0. The second-order valence-electron chi connectivity index (χ2n) is 6.76. The topological polar surface area (TPSA) is 106 Å². The fourth-order valence-corrected chi connectivity index (χ4v) is 2.82. The van der Waals surface area contributed by atoms with Gasteiger partial charge in [-0.3, -0.25) is 4.79 Å². The zero-order chi connectivity index (χ0) is 20.3. The van der Waals surface area contributed by atoms with Gasteiger partial charge in [-0.2, -0.15) is 0 Å². The Bertz CT molecular complexity index is 930. The maximum atomic E-state index is 12.1. The van der Waals surface area contributed by atoms with E-state index in [0.29, 0.717) is 28.9 Å². The number of nitrogens with one attached hydrogen (secondary N) is 1. The van der Waals surface area contributed by atoms with E-state index in [1.165, 1.54) is 0 Å². The van der Waals surface area contributed by atoms with Gasteiger partial charge in [0, 0.05) is 16.5 Å². The summed E-state index contributed by atoms with van der Waals surface area (Å²) in [6, 6.07) is 2.52. The van der Waals surface area contributed by atoms with Crippen LogP contribution in [0.2, 0.25) is 0 Å². The molecule has 146 valence electrons. The Hall–Kier alpha value is -2.83. The minimum absolute atomic E-state index is 0.200. The SMILES string of the molecule is CC[C@H](C)[C@@H](NC(=O)COc1ccc2c(C)c(C)c(=O)oc2c1C)C(=O)O. The van der Waals surface area contributed by atoms with Crippen LogP contribution in [0.3, 0.4) is 0 Å². The lowest BCUT2D eigenvalue weighted by Gasteiger charge is -2.20. The Morgan fingerprint density at radius 2 is 1.85 bits per heavy atom. The van der Waals surface area contributed by atoms with Crippen molar-refractivity contribution in [2.24, 2.45) is 5.92 Å². The fourth-order valence-electron chi connectivity index (χ4n) is 2.82. The third kappa shape index (κ3) is 4.30. The highest BCUT2D eigenvalue weighted by Gasteiger charge is 2.25. The Balaban J connectivity index is 2.18. The highest BCUT2D eigenvalue weighted by atomic mass is 16.5. The van der Waals surface area contributed by atoms with Crippen molar-refractivity contribution in [2.75, 3.05) is 6.61 Å². The zero-order valence-corrected chi connectivity index (χ0v) is 16.2. The van der Waals surface area contributed by atoms with Gasteiger partial charge in [0.05, 0.1) is 0 Å². The third-order valence-electron chi connectivity index (χ3n) is 4.98. The molecule has 0 aliphatic heterocycles. The molecule has 1 heterocycles. The summed E-state index contributed by atoms with van der Waals surface area (Å²) in [5.41, 5.74) is 2.02. The number of carbonyl (C=O) groups is 2. The van der Waals surface area contributed by atoms with Crippen molar-refractivity contribution in [1.29, 1.82) is 0 Å². The van der Waals surface area contributed by atoms with E-state index >= 15 is 0 Å². The van der Waals surface area contributed by atoms with Gasteiger partial charge in [0.25, 0.3) is 5.91 Å². The van der Waals surface area contributed by atoms with Gasteiger partial charge >= 0.3 is 11.6 Å². The number of aliphatic carboxylic acids is 1. The number of carboxylic acid groups (broad SMARTS) is 1. The van der Waals surface area contributed by atoms with Gasteiger partial charge < -0.3 is 19.6 Å². The number of rotatable bonds is 7. The van der Waals surface area contributed by atoms with Gasteiger partial charge in [-0.05, 0) is 44.4 Å². The molecule has 2 aromatic rings. The quantitative estimate of drug-likeness (QED) is 0.721. The van der Waals surface area contributed by atoms with Crippen LogP contribution in [0.25, 0.3) is 11.0 Å². The number of fused-ring (bicyclic) bond motifs is 1. The Labute approximate surface area is 157 Å². The Morgan fingerprint density at radius 1 is 1.19 bits per heavy atom. The van der Waals surface area contributed by atoms with E-state index in [1.54, 1.807) is 32.9 Å². The summed E-state index contributed by atoms with van der Waals surface area (Å²) in [6.07, 6.45) is 0.625. The second-order valence-corrected chi connectivity index (χ2v) is 6.76. The van der Waals surface area contributed by atoms with Crippen LogP contribution in [0, 0.1) is 26.7 Å². The van der Waals surface area contributed by atoms with Crippen LogP contribution >= 0.6 is 0 Å².